The van der Waals surface area contributed by atoms with Crippen LogP contribution in [0.1, 0.15) is 23.5 Å². The van der Waals surface area contributed by atoms with Gasteiger partial charge in [-0.3, -0.25) is 14.6 Å². The molecule has 1 saturated heterocycles. The fourth-order valence-electron chi connectivity index (χ4n) is 4.19. The highest BCUT2D eigenvalue weighted by molar-refractivity contribution is 7.73. The molecule has 2 N–H and O–H groups in total. The van der Waals surface area contributed by atoms with Gasteiger partial charge in [-0.1, -0.05) is 35.3 Å². The fraction of sp³-hybridized carbons (Fsp3) is 0.125. The van der Waals surface area contributed by atoms with Crippen molar-refractivity contribution in [3.8, 4) is 17.6 Å². The smallest absolute Gasteiger partial charge is 0.227 e. The summed E-state index contributed by atoms with van der Waals surface area (Å²) in [5, 5.41) is 17.4. The molecular formula is C24H17Cl2N5O4S. The summed E-state index contributed by atoms with van der Waals surface area (Å²) in [6, 6.07) is 17.4. The van der Waals surface area contributed by atoms with Crippen LogP contribution in [0.15, 0.2) is 54.6 Å². The number of hydrogen-bond acceptors (Lipinski definition) is 6. The lowest BCUT2D eigenvalue weighted by molar-refractivity contribution is -0.117. The second kappa shape index (κ2) is 9.70. The minimum absolute atomic E-state index is 0.0601. The predicted octanol–water partition coefficient (Wildman–Crippen LogP) is 4.99. The summed E-state index contributed by atoms with van der Waals surface area (Å²) in [5.41, 5.74) is 2.39. The number of fused-ring (bicyclic) bond motifs is 1. The Kier molecular flexibility index (Phi) is 6.45. The molecular weight excluding hydrogens is 525 g/mol. The van der Waals surface area contributed by atoms with Gasteiger partial charge in [0.25, 0.3) is 0 Å². The fourth-order valence-corrected chi connectivity index (χ4v) is 4.90. The molecule has 0 spiro atoms. The number of amides is 1. The van der Waals surface area contributed by atoms with Gasteiger partial charge in [0.1, 0.15) is 11.8 Å². The first-order valence-electron chi connectivity index (χ1n) is 10.7. The second-order valence-electron chi connectivity index (χ2n) is 8.10. The van der Waals surface area contributed by atoms with Crippen molar-refractivity contribution in [3.63, 3.8) is 0 Å². The summed E-state index contributed by atoms with van der Waals surface area (Å²) in [6.07, 6.45) is 0.279. The van der Waals surface area contributed by atoms with Crippen molar-refractivity contribution in [3.05, 3.63) is 75.8 Å². The molecule has 0 aliphatic carbocycles. The van der Waals surface area contributed by atoms with E-state index in [4.69, 9.17) is 27.9 Å². The third kappa shape index (κ3) is 4.56. The average molecular weight is 542 g/mol. The molecule has 0 bridgehead atoms. The lowest BCUT2D eigenvalue weighted by Gasteiger charge is -2.18. The molecule has 36 heavy (non-hydrogen) atoms. The average Bonchev–Trinajstić information content (AvgIpc) is 3.44. The van der Waals surface area contributed by atoms with Gasteiger partial charge in [0.2, 0.25) is 16.8 Å². The summed E-state index contributed by atoms with van der Waals surface area (Å²) in [7, 11) is -2.85. The van der Waals surface area contributed by atoms with Crippen LogP contribution in [0, 0.1) is 11.3 Å². The van der Waals surface area contributed by atoms with E-state index in [0.29, 0.717) is 33.9 Å². The zero-order valence-electron chi connectivity index (χ0n) is 18.4. The van der Waals surface area contributed by atoms with Gasteiger partial charge in [0.15, 0.2) is 11.6 Å². The Bertz CT molecular complexity index is 1620. The van der Waals surface area contributed by atoms with Gasteiger partial charge >= 0.3 is 0 Å². The van der Waals surface area contributed by atoms with Gasteiger partial charge in [-0.15, -0.1) is 0 Å². The summed E-state index contributed by atoms with van der Waals surface area (Å²) in [6.45, 7) is 0.423. The van der Waals surface area contributed by atoms with Crippen molar-refractivity contribution in [1.29, 1.82) is 5.26 Å². The third-order valence-electron chi connectivity index (χ3n) is 5.91. The number of nitrogens with zero attached hydrogens (tertiary/aromatic N) is 3. The largest absolute Gasteiger partial charge is 0.453 e. The lowest BCUT2D eigenvalue weighted by Crippen LogP contribution is -2.24. The Labute approximate surface area is 217 Å². The predicted molar refractivity (Wildman–Crippen MR) is 137 cm³/mol. The molecule has 1 aromatic heterocycles. The van der Waals surface area contributed by atoms with E-state index in [0.717, 1.165) is 5.56 Å². The van der Waals surface area contributed by atoms with E-state index in [1.807, 2.05) is 6.07 Å². The van der Waals surface area contributed by atoms with Crippen molar-refractivity contribution in [1.82, 2.24) is 10.2 Å². The van der Waals surface area contributed by atoms with Crippen molar-refractivity contribution in [2.24, 2.45) is 0 Å². The quantitative estimate of drug-likeness (QED) is 0.295. The van der Waals surface area contributed by atoms with Crippen LogP contribution in [-0.2, 0) is 15.7 Å². The zero-order chi connectivity index (χ0) is 25.4. The van der Waals surface area contributed by atoms with Gasteiger partial charge in [-0.25, -0.2) is 8.42 Å². The first kappa shape index (κ1) is 23.9. The number of anilines is 2. The molecule has 4 aromatic rings. The number of halogens is 2. The molecule has 1 fully saturated rings. The number of para-hydroxylation sites is 1. The summed E-state index contributed by atoms with van der Waals surface area (Å²) < 4.78 is 30.2. The molecule has 0 radical (unpaired) electrons. The first-order valence-corrected chi connectivity index (χ1v) is 12.6. The maximum absolute atomic E-state index is 12.9. The van der Waals surface area contributed by atoms with Gasteiger partial charge < -0.3 is 9.64 Å². The molecule has 182 valence electrons. The van der Waals surface area contributed by atoms with E-state index >= 15 is 0 Å². The maximum atomic E-state index is 12.9. The molecule has 1 amide bonds. The van der Waals surface area contributed by atoms with E-state index in [-0.39, 0.29) is 40.4 Å². The van der Waals surface area contributed by atoms with E-state index in [2.05, 4.69) is 21.0 Å². The van der Waals surface area contributed by atoms with Crippen molar-refractivity contribution in [2.75, 3.05) is 16.2 Å². The number of thiol groups is 1. The number of nitrogens with one attached hydrogen (secondary N) is 2. The number of hydrogen-bond donors (Lipinski definition) is 3. The number of nitriles is 1. The minimum atomic E-state index is -2.85. The lowest BCUT2D eigenvalue weighted by atomic mass is 9.98. The summed E-state index contributed by atoms with van der Waals surface area (Å²) in [5.74, 6) is 0.562. The number of benzene rings is 3. The number of H-pyrrole nitrogens is 1. The highest BCUT2D eigenvalue weighted by Crippen LogP contribution is 2.40. The monoisotopic (exact) mass is 541 g/mol. The minimum Gasteiger partial charge on any atom is -0.453 e. The van der Waals surface area contributed by atoms with E-state index in [9.17, 15) is 18.5 Å². The molecule has 9 nitrogen and oxygen atoms in total. The van der Waals surface area contributed by atoms with Crippen LogP contribution >= 0.6 is 23.2 Å². The molecule has 1 aliphatic heterocycles. The topological polar surface area (TPSA) is 128 Å². The van der Waals surface area contributed by atoms with Gasteiger partial charge in [-0.2, -0.15) is 10.4 Å². The van der Waals surface area contributed by atoms with Gasteiger partial charge in [0, 0.05) is 30.0 Å². The molecule has 12 heteroatoms. The van der Waals surface area contributed by atoms with Gasteiger partial charge in [0.05, 0.1) is 21.1 Å². The SMILES string of the molecule is N#Cc1cccc(Cl)c1Oc1cc([C@H]2CC(=O)N(c3ccc4c(N[SH](=O)=O)n[nH]c4c3)C2)ccc1Cl. The number of aromatic nitrogens is 2. The highest BCUT2D eigenvalue weighted by atomic mass is 35.5. The van der Waals surface area contributed by atoms with Crippen molar-refractivity contribution in [2.45, 2.75) is 12.3 Å². The second-order valence-corrected chi connectivity index (χ2v) is 9.65. The Morgan fingerprint density at radius 2 is 1.97 bits per heavy atom. The van der Waals surface area contributed by atoms with Crippen LogP contribution in [0.5, 0.6) is 11.5 Å². The Morgan fingerprint density at radius 3 is 2.75 bits per heavy atom. The van der Waals surface area contributed by atoms with Crippen LogP contribution in [0.4, 0.5) is 11.5 Å². The molecule has 1 aliphatic rings. The first-order chi connectivity index (χ1) is 17.3. The van der Waals surface area contributed by atoms with Crippen LogP contribution < -0.4 is 14.4 Å². The highest BCUT2D eigenvalue weighted by Gasteiger charge is 2.32. The zero-order valence-corrected chi connectivity index (χ0v) is 20.8. The number of aromatic amines is 1. The van der Waals surface area contributed by atoms with E-state index in [1.54, 1.807) is 53.4 Å². The molecule has 5 rings (SSSR count). The van der Waals surface area contributed by atoms with Gasteiger partial charge in [-0.05, 0) is 48.0 Å². The molecule has 1 atom stereocenters. The van der Waals surface area contributed by atoms with E-state index in [1.165, 1.54) is 0 Å². The Hall–Kier alpha value is -3.78. The normalized spacial score (nSPS) is 15.4. The number of carbonyl (C=O) groups is 1. The summed E-state index contributed by atoms with van der Waals surface area (Å²) >= 11 is 12.6. The maximum Gasteiger partial charge on any atom is 0.227 e. The third-order valence-corrected chi connectivity index (χ3v) is 6.91. The number of carbonyl (C=O) groups excluding carboxylic acids is 1. The van der Waals surface area contributed by atoms with Crippen molar-refractivity contribution >= 4 is 62.4 Å². The van der Waals surface area contributed by atoms with Crippen LogP contribution in [0.25, 0.3) is 10.9 Å². The number of rotatable bonds is 6. The number of ether oxygens (including phenoxy) is 1. The molecule has 3 aromatic carbocycles. The Morgan fingerprint density at radius 1 is 1.14 bits per heavy atom. The molecule has 2 heterocycles. The molecule has 0 saturated carbocycles. The molecule has 0 unspecified atom stereocenters. The van der Waals surface area contributed by atoms with Crippen LogP contribution in [0.2, 0.25) is 10.0 Å². The van der Waals surface area contributed by atoms with Crippen molar-refractivity contribution < 1.29 is 17.9 Å². The van der Waals surface area contributed by atoms with Crippen LogP contribution in [0.3, 0.4) is 0 Å². The Balaban J connectivity index is 1.40. The van der Waals surface area contributed by atoms with Crippen LogP contribution in [-0.4, -0.2) is 31.1 Å². The summed E-state index contributed by atoms with van der Waals surface area (Å²) in [4.78, 5) is 14.6. The van der Waals surface area contributed by atoms with E-state index < -0.39 is 10.9 Å². The standard InChI is InChI=1S/C24H17Cl2N5O4S/c25-18-7-4-13(8-21(18)35-23-14(11-27)2-1-3-19(23)26)15-9-22(32)31(12-15)16-5-6-17-20(10-16)28-29-24(17)30-36(33)34/h1-8,10,15,36H,9,12H2,(H2,28,29,30,33,34)/t15-/m0/s1.